The van der Waals surface area contributed by atoms with Gasteiger partial charge in [-0.2, -0.15) is 0 Å². The van der Waals surface area contributed by atoms with Crippen LogP contribution in [0.25, 0.3) is 6.08 Å². The highest BCUT2D eigenvalue weighted by Crippen LogP contribution is 2.22. The van der Waals surface area contributed by atoms with Gasteiger partial charge in [0.2, 0.25) is 0 Å². The lowest BCUT2D eigenvalue weighted by atomic mass is 10.00. The summed E-state index contributed by atoms with van der Waals surface area (Å²) in [7, 11) is 5.69. The SMILES string of the molecule is CCCOC.Cc1ccc(C2=NOC(=O)C2=Cc2ccc(N(C)C)cc2)cc1. The largest absolute Gasteiger partial charge is 0.385 e. The Morgan fingerprint density at radius 3 is 2.21 bits per heavy atom. The molecule has 0 aliphatic carbocycles. The van der Waals surface area contributed by atoms with Crippen LogP contribution in [0.5, 0.6) is 0 Å². The predicted octanol–water partition coefficient (Wildman–Crippen LogP) is 4.45. The molecule has 0 amide bonds. The Kier molecular flexibility index (Phi) is 7.96. The summed E-state index contributed by atoms with van der Waals surface area (Å²) in [5, 5.41) is 3.93. The summed E-state index contributed by atoms with van der Waals surface area (Å²) in [6.45, 7) is 4.99. The lowest BCUT2D eigenvalue weighted by molar-refractivity contribution is -0.136. The monoisotopic (exact) mass is 380 g/mol. The van der Waals surface area contributed by atoms with Crippen molar-refractivity contribution in [1.29, 1.82) is 0 Å². The molecule has 0 unspecified atom stereocenters. The number of benzene rings is 2. The molecular formula is C23H28N2O3. The van der Waals surface area contributed by atoms with Gasteiger partial charge in [0, 0.05) is 39.1 Å². The predicted molar refractivity (Wildman–Crippen MR) is 115 cm³/mol. The van der Waals surface area contributed by atoms with E-state index in [1.807, 2.05) is 80.5 Å². The van der Waals surface area contributed by atoms with Crippen LogP contribution in [0.4, 0.5) is 5.69 Å². The molecule has 0 aromatic heterocycles. The Morgan fingerprint density at radius 2 is 1.71 bits per heavy atom. The number of aryl methyl sites for hydroxylation is 1. The molecule has 0 spiro atoms. The van der Waals surface area contributed by atoms with Crippen molar-refractivity contribution in [3.63, 3.8) is 0 Å². The first kappa shape index (κ1) is 21.4. The van der Waals surface area contributed by atoms with Crippen molar-refractivity contribution in [3.8, 4) is 0 Å². The highest BCUT2D eigenvalue weighted by atomic mass is 16.7. The van der Waals surface area contributed by atoms with E-state index in [4.69, 9.17) is 9.57 Å². The zero-order valence-electron chi connectivity index (χ0n) is 17.2. The standard InChI is InChI=1S/C19H18N2O2.C4H10O/c1-13-4-8-15(9-5-13)18-17(19(22)23-20-18)12-14-6-10-16(11-7-14)21(2)3;1-3-4-5-2/h4-12H,1-3H3;3-4H2,1-2H3. The van der Waals surface area contributed by atoms with E-state index in [1.54, 1.807) is 7.11 Å². The fourth-order valence-corrected chi connectivity index (χ4v) is 2.57. The maximum Gasteiger partial charge on any atom is 0.368 e. The van der Waals surface area contributed by atoms with E-state index in [1.165, 1.54) is 0 Å². The maximum atomic E-state index is 12.0. The second kappa shape index (κ2) is 10.4. The van der Waals surface area contributed by atoms with Gasteiger partial charge in [0.1, 0.15) is 5.71 Å². The molecule has 2 aromatic rings. The van der Waals surface area contributed by atoms with Gasteiger partial charge in [-0.05, 0) is 37.1 Å². The van der Waals surface area contributed by atoms with Gasteiger partial charge >= 0.3 is 5.97 Å². The van der Waals surface area contributed by atoms with Crippen LogP contribution in [0.1, 0.15) is 30.0 Å². The molecule has 0 atom stereocenters. The van der Waals surface area contributed by atoms with Crippen molar-refractivity contribution in [2.45, 2.75) is 20.3 Å². The summed E-state index contributed by atoms with van der Waals surface area (Å²) < 4.78 is 4.69. The van der Waals surface area contributed by atoms with E-state index < -0.39 is 5.97 Å². The van der Waals surface area contributed by atoms with Crippen LogP contribution in [0.2, 0.25) is 0 Å². The molecule has 1 heterocycles. The molecule has 0 saturated heterocycles. The minimum Gasteiger partial charge on any atom is -0.385 e. The summed E-state index contributed by atoms with van der Waals surface area (Å²) >= 11 is 0. The minimum atomic E-state index is -0.419. The van der Waals surface area contributed by atoms with Crippen molar-refractivity contribution in [1.82, 2.24) is 0 Å². The summed E-state index contributed by atoms with van der Waals surface area (Å²) in [5.41, 5.74) is 5.12. The molecule has 148 valence electrons. The molecule has 1 aliphatic heterocycles. The molecule has 0 N–H and O–H groups in total. The van der Waals surface area contributed by atoms with Crippen molar-refractivity contribution in [2.75, 3.05) is 32.7 Å². The smallest absolute Gasteiger partial charge is 0.368 e. The molecule has 0 bridgehead atoms. The Labute approximate surface area is 167 Å². The highest BCUT2D eigenvalue weighted by Gasteiger charge is 2.26. The zero-order chi connectivity index (χ0) is 20.5. The third-order valence-corrected chi connectivity index (χ3v) is 4.15. The van der Waals surface area contributed by atoms with Crippen LogP contribution in [0.3, 0.4) is 0 Å². The quantitative estimate of drug-likeness (QED) is 0.568. The van der Waals surface area contributed by atoms with E-state index >= 15 is 0 Å². The Morgan fingerprint density at radius 1 is 1.07 bits per heavy atom. The summed E-state index contributed by atoms with van der Waals surface area (Å²) in [4.78, 5) is 18.9. The number of anilines is 1. The molecule has 0 fully saturated rings. The summed E-state index contributed by atoms with van der Waals surface area (Å²) in [6, 6.07) is 15.8. The van der Waals surface area contributed by atoms with Gasteiger partial charge in [-0.25, -0.2) is 4.79 Å². The number of hydrogen-bond acceptors (Lipinski definition) is 5. The Hall–Kier alpha value is -2.92. The average Bonchev–Trinajstić information content (AvgIpc) is 3.04. The van der Waals surface area contributed by atoms with Crippen LogP contribution < -0.4 is 4.90 Å². The molecule has 28 heavy (non-hydrogen) atoms. The number of oxime groups is 1. The second-order valence-corrected chi connectivity index (χ2v) is 6.72. The first-order chi connectivity index (χ1) is 13.5. The van der Waals surface area contributed by atoms with Crippen molar-refractivity contribution < 1.29 is 14.4 Å². The van der Waals surface area contributed by atoms with Gasteiger partial charge in [-0.3, -0.25) is 0 Å². The lowest BCUT2D eigenvalue weighted by Gasteiger charge is -2.11. The summed E-state index contributed by atoms with van der Waals surface area (Å²) in [5.74, 6) is -0.419. The van der Waals surface area contributed by atoms with Gasteiger partial charge < -0.3 is 14.5 Å². The van der Waals surface area contributed by atoms with Gasteiger partial charge in [0.05, 0.1) is 5.57 Å². The normalized spacial score (nSPS) is 14.2. The maximum absolute atomic E-state index is 12.0. The number of rotatable bonds is 5. The van der Waals surface area contributed by atoms with Crippen LogP contribution in [0, 0.1) is 6.92 Å². The van der Waals surface area contributed by atoms with Crippen LogP contribution >= 0.6 is 0 Å². The fraction of sp³-hybridized carbons (Fsp3) is 0.304. The third kappa shape index (κ3) is 5.79. The number of carbonyl (C=O) groups excluding carboxylic acids is 1. The average molecular weight is 380 g/mol. The number of hydrogen-bond donors (Lipinski definition) is 0. The molecule has 2 aromatic carbocycles. The van der Waals surface area contributed by atoms with E-state index in [-0.39, 0.29) is 0 Å². The van der Waals surface area contributed by atoms with Gasteiger partial charge in [0.15, 0.2) is 0 Å². The molecule has 5 nitrogen and oxygen atoms in total. The molecule has 1 aliphatic rings. The van der Waals surface area contributed by atoms with Gasteiger partial charge in [-0.1, -0.05) is 54.0 Å². The highest BCUT2D eigenvalue weighted by molar-refractivity contribution is 6.31. The number of nitrogens with zero attached hydrogens (tertiary/aromatic N) is 2. The van der Waals surface area contributed by atoms with E-state index in [0.29, 0.717) is 11.3 Å². The number of ether oxygens (including phenoxy) is 1. The molecule has 0 radical (unpaired) electrons. The minimum absolute atomic E-state index is 0.419. The van der Waals surface area contributed by atoms with Crippen LogP contribution in [-0.4, -0.2) is 39.5 Å². The lowest BCUT2D eigenvalue weighted by Crippen LogP contribution is -2.08. The Balaban J connectivity index is 0.000000500. The van der Waals surface area contributed by atoms with E-state index in [2.05, 4.69) is 12.1 Å². The third-order valence-electron chi connectivity index (χ3n) is 4.15. The first-order valence-electron chi connectivity index (χ1n) is 9.31. The zero-order valence-corrected chi connectivity index (χ0v) is 17.2. The van der Waals surface area contributed by atoms with Crippen molar-refractivity contribution in [2.24, 2.45) is 5.16 Å². The topological polar surface area (TPSA) is 51.1 Å². The van der Waals surface area contributed by atoms with Crippen molar-refractivity contribution in [3.05, 3.63) is 70.8 Å². The van der Waals surface area contributed by atoms with E-state index in [0.717, 1.165) is 35.4 Å². The molecule has 0 saturated carbocycles. The summed E-state index contributed by atoms with van der Waals surface area (Å²) in [6.07, 6.45) is 2.93. The van der Waals surface area contributed by atoms with Gasteiger partial charge in [-0.15, -0.1) is 0 Å². The number of methoxy groups -OCH3 is 1. The first-order valence-corrected chi connectivity index (χ1v) is 9.31. The second-order valence-electron chi connectivity index (χ2n) is 6.72. The number of carbonyl (C=O) groups is 1. The van der Waals surface area contributed by atoms with Gasteiger partial charge in [0.25, 0.3) is 0 Å². The van der Waals surface area contributed by atoms with Crippen molar-refractivity contribution >= 4 is 23.4 Å². The Bertz CT molecular complexity index is 833. The molecular weight excluding hydrogens is 352 g/mol. The van der Waals surface area contributed by atoms with E-state index in [9.17, 15) is 4.79 Å². The fourth-order valence-electron chi connectivity index (χ4n) is 2.57. The van der Waals surface area contributed by atoms with Crippen LogP contribution in [-0.2, 0) is 14.4 Å². The van der Waals surface area contributed by atoms with Crippen LogP contribution in [0.15, 0.2) is 59.3 Å². The molecule has 5 heteroatoms. The molecule has 3 rings (SSSR count).